The fourth-order valence-corrected chi connectivity index (χ4v) is 0.680. The Kier molecular flexibility index (Phi) is 6.62. The second-order valence-corrected chi connectivity index (χ2v) is 2.44. The highest BCUT2D eigenvalue weighted by Crippen LogP contribution is 1.85. The predicted molar refractivity (Wildman–Crippen MR) is 47.1 cm³/mol. The zero-order chi connectivity index (χ0) is 10.1. The lowest BCUT2D eigenvalue weighted by Gasteiger charge is -2.05. The van der Waals surface area contributed by atoms with E-state index in [0.717, 1.165) is 0 Å². The summed E-state index contributed by atoms with van der Waals surface area (Å²) in [6, 6.07) is -0.827. The van der Waals surface area contributed by atoms with Crippen molar-refractivity contribution in [3.63, 3.8) is 0 Å². The Morgan fingerprint density at radius 3 is 2.92 bits per heavy atom. The standard InChI is InChI=1S/C6H13N5O2/c7-5(6(12)13)1-2-9-3-4-10-11-8/h5,9H,1-4,7H2,(H,12,13)/t5-/m0/s1. The summed E-state index contributed by atoms with van der Waals surface area (Å²) in [4.78, 5) is 12.8. The average Bonchev–Trinajstić information content (AvgIpc) is 2.10. The normalized spacial score (nSPS) is 11.8. The molecule has 0 aliphatic heterocycles. The molecule has 0 radical (unpaired) electrons. The molecule has 0 amide bonds. The monoisotopic (exact) mass is 187 g/mol. The van der Waals surface area contributed by atoms with Gasteiger partial charge in [0.05, 0.1) is 0 Å². The van der Waals surface area contributed by atoms with Gasteiger partial charge in [0.1, 0.15) is 6.04 Å². The molecular weight excluding hydrogens is 174 g/mol. The minimum absolute atomic E-state index is 0.360. The molecule has 0 rings (SSSR count). The summed E-state index contributed by atoms with van der Waals surface area (Å²) < 4.78 is 0. The third-order valence-electron chi connectivity index (χ3n) is 1.40. The molecule has 0 aromatic carbocycles. The van der Waals surface area contributed by atoms with E-state index in [1.807, 2.05) is 0 Å². The van der Waals surface area contributed by atoms with E-state index < -0.39 is 12.0 Å². The number of carboxylic acids is 1. The molecule has 0 aliphatic carbocycles. The molecule has 0 aromatic heterocycles. The van der Waals surface area contributed by atoms with Crippen molar-refractivity contribution < 1.29 is 9.90 Å². The van der Waals surface area contributed by atoms with Crippen LogP contribution in [0.25, 0.3) is 10.4 Å². The van der Waals surface area contributed by atoms with Gasteiger partial charge < -0.3 is 16.2 Å². The van der Waals surface area contributed by atoms with Gasteiger partial charge in [0.15, 0.2) is 0 Å². The summed E-state index contributed by atoms with van der Waals surface area (Å²) >= 11 is 0. The summed E-state index contributed by atoms with van der Waals surface area (Å²) in [5.41, 5.74) is 13.2. The molecule has 13 heavy (non-hydrogen) atoms. The van der Waals surface area contributed by atoms with Crippen LogP contribution >= 0.6 is 0 Å². The van der Waals surface area contributed by atoms with Crippen molar-refractivity contribution in [1.82, 2.24) is 5.32 Å². The molecule has 0 aromatic rings. The van der Waals surface area contributed by atoms with Crippen molar-refractivity contribution in [2.45, 2.75) is 12.5 Å². The first-order valence-electron chi connectivity index (χ1n) is 3.88. The number of carboxylic acid groups (broad SMARTS) is 1. The highest BCUT2D eigenvalue weighted by atomic mass is 16.4. The van der Waals surface area contributed by atoms with Gasteiger partial charge in [-0.05, 0) is 18.5 Å². The Hall–Kier alpha value is -1.30. The van der Waals surface area contributed by atoms with E-state index in [9.17, 15) is 4.79 Å². The summed E-state index contributed by atoms with van der Waals surface area (Å²) in [6.45, 7) is 1.41. The SMILES string of the molecule is [N-]=[N+]=NCCNCC[C@H](N)C(=O)O. The molecule has 0 saturated heterocycles. The highest BCUT2D eigenvalue weighted by molar-refractivity contribution is 5.72. The van der Waals surface area contributed by atoms with Gasteiger partial charge in [-0.3, -0.25) is 4.79 Å². The molecule has 74 valence electrons. The Morgan fingerprint density at radius 2 is 2.38 bits per heavy atom. The second kappa shape index (κ2) is 7.35. The van der Waals surface area contributed by atoms with Gasteiger partial charge in [-0.15, -0.1) is 0 Å². The third kappa shape index (κ3) is 7.07. The maximum Gasteiger partial charge on any atom is 0.320 e. The maximum atomic E-state index is 10.2. The number of carbonyl (C=O) groups is 1. The van der Waals surface area contributed by atoms with E-state index in [-0.39, 0.29) is 0 Å². The van der Waals surface area contributed by atoms with Crippen LogP contribution in [0.4, 0.5) is 0 Å². The van der Waals surface area contributed by atoms with E-state index in [0.29, 0.717) is 26.1 Å². The molecule has 0 bridgehead atoms. The van der Waals surface area contributed by atoms with Crippen LogP contribution in [0.5, 0.6) is 0 Å². The quantitative estimate of drug-likeness (QED) is 0.219. The molecule has 0 spiro atoms. The number of hydrogen-bond acceptors (Lipinski definition) is 4. The summed E-state index contributed by atoms with van der Waals surface area (Å²) in [6.07, 6.45) is 0.367. The minimum Gasteiger partial charge on any atom is -0.480 e. The molecule has 0 fully saturated rings. The molecule has 1 atom stereocenters. The number of nitrogens with zero attached hydrogens (tertiary/aromatic N) is 3. The number of hydrogen-bond donors (Lipinski definition) is 3. The molecule has 7 nitrogen and oxygen atoms in total. The van der Waals surface area contributed by atoms with E-state index >= 15 is 0 Å². The Labute approximate surface area is 75.5 Å². The van der Waals surface area contributed by atoms with Crippen molar-refractivity contribution >= 4 is 5.97 Å². The lowest BCUT2D eigenvalue weighted by Crippen LogP contribution is -2.34. The maximum absolute atomic E-state index is 10.2. The summed E-state index contributed by atoms with van der Waals surface area (Å²) in [5, 5.41) is 14.6. The van der Waals surface area contributed by atoms with E-state index in [1.165, 1.54) is 0 Å². The van der Waals surface area contributed by atoms with Crippen molar-refractivity contribution in [2.24, 2.45) is 10.8 Å². The number of nitrogens with one attached hydrogen (secondary N) is 1. The first-order chi connectivity index (χ1) is 6.18. The smallest absolute Gasteiger partial charge is 0.320 e. The molecule has 0 aliphatic rings. The van der Waals surface area contributed by atoms with Crippen LogP contribution in [-0.2, 0) is 4.79 Å². The highest BCUT2D eigenvalue weighted by Gasteiger charge is 2.09. The lowest BCUT2D eigenvalue weighted by molar-refractivity contribution is -0.138. The van der Waals surface area contributed by atoms with Gasteiger partial charge in [0, 0.05) is 18.0 Å². The van der Waals surface area contributed by atoms with Gasteiger partial charge in [0.25, 0.3) is 0 Å². The molecule has 4 N–H and O–H groups in total. The van der Waals surface area contributed by atoms with Gasteiger partial charge in [-0.2, -0.15) is 0 Å². The number of nitrogens with two attached hydrogens (primary N) is 1. The van der Waals surface area contributed by atoms with Crippen LogP contribution in [0.15, 0.2) is 5.11 Å². The van der Waals surface area contributed by atoms with Crippen LogP contribution in [-0.4, -0.2) is 36.8 Å². The lowest BCUT2D eigenvalue weighted by atomic mass is 10.2. The molecule has 0 unspecified atom stereocenters. The van der Waals surface area contributed by atoms with Crippen molar-refractivity contribution in [1.29, 1.82) is 0 Å². The fourth-order valence-electron chi connectivity index (χ4n) is 0.680. The van der Waals surface area contributed by atoms with E-state index in [1.54, 1.807) is 0 Å². The van der Waals surface area contributed by atoms with Gasteiger partial charge >= 0.3 is 5.97 Å². The van der Waals surface area contributed by atoms with Crippen LogP contribution in [0.3, 0.4) is 0 Å². The molecule has 7 heteroatoms. The molecule has 0 heterocycles. The number of aliphatic carboxylic acids is 1. The second-order valence-electron chi connectivity index (χ2n) is 2.44. The van der Waals surface area contributed by atoms with Gasteiger partial charge in [0.2, 0.25) is 0 Å². The largest absolute Gasteiger partial charge is 0.480 e. The van der Waals surface area contributed by atoms with Gasteiger partial charge in [-0.1, -0.05) is 5.11 Å². The predicted octanol–water partition coefficient (Wildman–Crippen LogP) is -0.312. The van der Waals surface area contributed by atoms with E-state index in [4.69, 9.17) is 16.4 Å². The van der Waals surface area contributed by atoms with Crippen LogP contribution in [0, 0.1) is 0 Å². The fraction of sp³-hybridized carbons (Fsp3) is 0.833. The topological polar surface area (TPSA) is 124 Å². The van der Waals surface area contributed by atoms with Crippen LogP contribution in [0.2, 0.25) is 0 Å². The first kappa shape index (κ1) is 11.7. The van der Waals surface area contributed by atoms with Crippen molar-refractivity contribution in [3.8, 4) is 0 Å². The summed E-state index contributed by atoms with van der Waals surface area (Å²) in [5.74, 6) is -1.00. The zero-order valence-corrected chi connectivity index (χ0v) is 7.18. The van der Waals surface area contributed by atoms with Crippen LogP contribution in [0.1, 0.15) is 6.42 Å². The summed E-state index contributed by atoms with van der Waals surface area (Å²) in [7, 11) is 0. The Bertz CT molecular complexity index is 201. The molecular formula is C6H13N5O2. The Balaban J connectivity index is 3.25. The minimum atomic E-state index is -1.00. The van der Waals surface area contributed by atoms with E-state index in [2.05, 4.69) is 15.3 Å². The number of rotatable bonds is 7. The number of azide groups is 1. The first-order valence-corrected chi connectivity index (χ1v) is 3.88. The molecule has 0 saturated carbocycles. The van der Waals surface area contributed by atoms with Gasteiger partial charge in [-0.25, -0.2) is 0 Å². The average molecular weight is 187 g/mol. The van der Waals surface area contributed by atoms with Crippen molar-refractivity contribution in [2.75, 3.05) is 19.6 Å². The van der Waals surface area contributed by atoms with Crippen LogP contribution < -0.4 is 11.1 Å². The Morgan fingerprint density at radius 1 is 1.69 bits per heavy atom. The van der Waals surface area contributed by atoms with Crippen molar-refractivity contribution in [3.05, 3.63) is 10.4 Å². The third-order valence-corrected chi connectivity index (χ3v) is 1.40. The zero-order valence-electron chi connectivity index (χ0n) is 7.18.